The van der Waals surface area contributed by atoms with E-state index in [2.05, 4.69) is 4.72 Å². The van der Waals surface area contributed by atoms with Crippen LogP contribution in [0.5, 0.6) is 0 Å². The van der Waals surface area contributed by atoms with E-state index in [-0.39, 0.29) is 12.2 Å². The number of benzene rings is 2. The first kappa shape index (κ1) is 15.7. The highest BCUT2D eigenvalue weighted by atomic mass is 35.5. The molecule has 2 aromatic rings. The molecule has 0 heterocycles. The average Bonchev–Trinajstić information content (AvgIpc) is 2.36. The highest BCUT2D eigenvalue weighted by molar-refractivity contribution is 7.89. The molecule has 8 heteroatoms. The Morgan fingerprint density at radius 3 is 2.14 bits per heavy atom. The molecule has 3 N–H and O–H groups in total. The van der Waals surface area contributed by atoms with Crippen molar-refractivity contribution in [1.29, 1.82) is 0 Å². The van der Waals surface area contributed by atoms with Gasteiger partial charge in [-0.1, -0.05) is 23.7 Å². The van der Waals surface area contributed by atoms with Crippen LogP contribution < -0.4 is 10.5 Å². The van der Waals surface area contributed by atoms with Crippen LogP contribution in [0.2, 0.25) is 5.02 Å². The molecule has 0 aliphatic heterocycles. The van der Waals surface area contributed by atoms with Crippen LogP contribution in [0.3, 0.4) is 0 Å². The molecule has 0 aliphatic carbocycles. The Morgan fingerprint density at radius 1 is 1.10 bits per heavy atom. The Labute approximate surface area is 125 Å². The second-order valence-electron chi connectivity index (χ2n) is 4.26. The summed E-state index contributed by atoms with van der Waals surface area (Å²) in [5, 5.41) is 0.497. The van der Waals surface area contributed by atoms with E-state index >= 15 is 0 Å². The second kappa shape index (κ2) is 5.97. The monoisotopic (exact) mass is 332 g/mol. The van der Waals surface area contributed by atoms with Gasteiger partial charge >= 0.3 is 0 Å². The number of nitrogens with two attached hydrogens (primary N) is 1. The summed E-state index contributed by atoms with van der Waals surface area (Å²) in [6, 6.07) is 7.85. The van der Waals surface area contributed by atoms with Gasteiger partial charge in [-0.25, -0.2) is 21.9 Å². The summed E-state index contributed by atoms with van der Waals surface area (Å²) in [6.07, 6.45) is 0. The minimum atomic E-state index is -4.34. The van der Waals surface area contributed by atoms with Crippen LogP contribution in [0.1, 0.15) is 5.56 Å². The number of nitrogens with one attached hydrogen (secondary N) is 1. The normalized spacial score (nSPS) is 11.6. The standard InChI is InChI=1S/C13H11ClF2N2O2S/c14-9-3-1-8(2-4-9)7-18-21(19,20)13-11(15)5-10(17)6-12(13)16/h1-6,18H,7,17H2. The summed E-state index contributed by atoms with van der Waals surface area (Å²) < 4.78 is 53.3. The zero-order valence-corrected chi connectivity index (χ0v) is 12.2. The van der Waals surface area contributed by atoms with E-state index in [0.717, 1.165) is 12.1 Å². The molecule has 2 rings (SSSR count). The summed E-state index contributed by atoms with van der Waals surface area (Å²) in [5.74, 6) is -2.48. The molecular formula is C13H11ClF2N2O2S. The quantitative estimate of drug-likeness (QED) is 0.845. The lowest BCUT2D eigenvalue weighted by Crippen LogP contribution is -2.25. The van der Waals surface area contributed by atoms with Crippen molar-refractivity contribution in [1.82, 2.24) is 4.72 Å². The predicted molar refractivity (Wildman–Crippen MR) is 76.2 cm³/mol. The maximum Gasteiger partial charge on any atom is 0.246 e. The van der Waals surface area contributed by atoms with Gasteiger partial charge in [-0.15, -0.1) is 0 Å². The summed E-state index contributed by atoms with van der Waals surface area (Å²) in [5.41, 5.74) is 5.65. The molecule has 0 saturated carbocycles. The lowest BCUT2D eigenvalue weighted by Gasteiger charge is -2.09. The lowest BCUT2D eigenvalue weighted by molar-refractivity contribution is 0.514. The fourth-order valence-corrected chi connectivity index (χ4v) is 2.95. The van der Waals surface area contributed by atoms with E-state index in [1.807, 2.05) is 0 Å². The van der Waals surface area contributed by atoms with E-state index in [1.165, 1.54) is 0 Å². The van der Waals surface area contributed by atoms with Crippen LogP contribution >= 0.6 is 11.6 Å². The van der Waals surface area contributed by atoms with Gasteiger partial charge in [-0.2, -0.15) is 0 Å². The van der Waals surface area contributed by atoms with Crippen molar-refractivity contribution in [2.45, 2.75) is 11.4 Å². The van der Waals surface area contributed by atoms with Gasteiger partial charge in [-0.3, -0.25) is 0 Å². The van der Waals surface area contributed by atoms with Gasteiger partial charge in [-0.05, 0) is 29.8 Å². The third-order valence-electron chi connectivity index (χ3n) is 2.67. The third kappa shape index (κ3) is 3.69. The Hall–Kier alpha value is -1.70. The molecule has 112 valence electrons. The Morgan fingerprint density at radius 2 is 1.62 bits per heavy atom. The van der Waals surface area contributed by atoms with Crippen molar-refractivity contribution in [3.8, 4) is 0 Å². The molecule has 0 fully saturated rings. The second-order valence-corrected chi connectivity index (χ2v) is 6.40. The molecule has 21 heavy (non-hydrogen) atoms. The fraction of sp³-hybridized carbons (Fsp3) is 0.0769. The van der Waals surface area contributed by atoms with Gasteiger partial charge in [0.15, 0.2) is 4.90 Å². The van der Waals surface area contributed by atoms with Gasteiger partial charge < -0.3 is 5.73 Å². The number of sulfonamides is 1. The van der Waals surface area contributed by atoms with Gasteiger partial charge in [0.1, 0.15) is 11.6 Å². The van der Waals surface area contributed by atoms with E-state index in [1.54, 1.807) is 24.3 Å². The fourth-order valence-electron chi connectivity index (χ4n) is 1.69. The first-order chi connectivity index (χ1) is 9.79. The van der Waals surface area contributed by atoms with Gasteiger partial charge in [0.25, 0.3) is 0 Å². The number of rotatable bonds is 4. The number of hydrogen-bond acceptors (Lipinski definition) is 3. The Kier molecular flexibility index (Phi) is 4.46. The molecule has 0 radical (unpaired) electrons. The van der Waals surface area contributed by atoms with Gasteiger partial charge in [0.05, 0.1) is 0 Å². The Balaban J connectivity index is 2.25. The van der Waals surface area contributed by atoms with Gasteiger partial charge in [0, 0.05) is 17.3 Å². The van der Waals surface area contributed by atoms with Crippen LogP contribution in [0.25, 0.3) is 0 Å². The predicted octanol–water partition coefficient (Wildman–Crippen LogP) is 2.68. The van der Waals surface area contributed by atoms with Crippen molar-refractivity contribution in [2.24, 2.45) is 0 Å². The number of nitrogen functional groups attached to an aromatic ring is 1. The molecular weight excluding hydrogens is 322 g/mol. The zero-order valence-electron chi connectivity index (χ0n) is 10.6. The molecule has 0 amide bonds. The number of halogens is 3. The van der Waals surface area contributed by atoms with E-state index in [0.29, 0.717) is 10.6 Å². The highest BCUT2D eigenvalue weighted by Crippen LogP contribution is 2.22. The minimum absolute atomic E-state index is 0.122. The highest BCUT2D eigenvalue weighted by Gasteiger charge is 2.24. The molecule has 0 unspecified atom stereocenters. The minimum Gasteiger partial charge on any atom is -0.399 e. The van der Waals surface area contributed by atoms with Gasteiger partial charge in [0.2, 0.25) is 10.0 Å². The van der Waals surface area contributed by atoms with Crippen molar-refractivity contribution in [2.75, 3.05) is 5.73 Å². The largest absolute Gasteiger partial charge is 0.399 e. The van der Waals surface area contributed by atoms with E-state index in [9.17, 15) is 17.2 Å². The van der Waals surface area contributed by atoms with Crippen molar-refractivity contribution in [3.05, 3.63) is 58.6 Å². The molecule has 0 aromatic heterocycles. The molecule has 0 spiro atoms. The molecule has 0 atom stereocenters. The zero-order chi connectivity index (χ0) is 15.6. The maximum atomic E-state index is 13.6. The van der Waals surface area contributed by atoms with Crippen molar-refractivity contribution < 1.29 is 17.2 Å². The van der Waals surface area contributed by atoms with E-state index in [4.69, 9.17) is 17.3 Å². The summed E-state index contributed by atoms with van der Waals surface area (Å²) in [6.45, 7) is -0.122. The van der Waals surface area contributed by atoms with Crippen LogP contribution in [0.4, 0.5) is 14.5 Å². The molecule has 0 bridgehead atoms. The molecule has 0 aliphatic rings. The van der Waals surface area contributed by atoms with Crippen molar-refractivity contribution >= 4 is 27.3 Å². The molecule has 2 aromatic carbocycles. The lowest BCUT2D eigenvalue weighted by atomic mass is 10.2. The van der Waals surface area contributed by atoms with E-state index < -0.39 is 26.6 Å². The maximum absolute atomic E-state index is 13.6. The first-order valence-electron chi connectivity index (χ1n) is 5.78. The van der Waals surface area contributed by atoms with Crippen LogP contribution in [0, 0.1) is 11.6 Å². The Bertz CT molecular complexity index is 741. The molecule has 4 nitrogen and oxygen atoms in total. The summed E-state index contributed by atoms with van der Waals surface area (Å²) >= 11 is 5.70. The summed E-state index contributed by atoms with van der Waals surface area (Å²) in [7, 11) is -4.34. The van der Waals surface area contributed by atoms with Crippen molar-refractivity contribution in [3.63, 3.8) is 0 Å². The van der Waals surface area contributed by atoms with Crippen LogP contribution in [-0.2, 0) is 16.6 Å². The molecule has 0 saturated heterocycles. The number of hydrogen-bond donors (Lipinski definition) is 2. The third-order valence-corrected chi connectivity index (χ3v) is 4.37. The first-order valence-corrected chi connectivity index (χ1v) is 7.64. The average molecular weight is 333 g/mol. The van der Waals surface area contributed by atoms with Crippen LogP contribution in [-0.4, -0.2) is 8.42 Å². The smallest absolute Gasteiger partial charge is 0.246 e. The van der Waals surface area contributed by atoms with Crippen LogP contribution in [0.15, 0.2) is 41.3 Å². The topological polar surface area (TPSA) is 72.2 Å². The SMILES string of the molecule is Nc1cc(F)c(S(=O)(=O)NCc2ccc(Cl)cc2)c(F)c1. The number of anilines is 1. The summed E-state index contributed by atoms with van der Waals surface area (Å²) in [4.78, 5) is -1.05.